The summed E-state index contributed by atoms with van der Waals surface area (Å²) in [6, 6.07) is -0.924. The topological polar surface area (TPSA) is 113 Å². The number of aliphatic hydroxyl groups excluding tert-OH is 1. The van der Waals surface area contributed by atoms with Crippen molar-refractivity contribution in [3.8, 4) is 0 Å². The molecule has 4 N–H and O–H groups in total. The van der Waals surface area contributed by atoms with E-state index in [9.17, 15) is 14.7 Å². The SMILES string of the molecule is NCCOCCC(=O)N1CC(O)CC1C(=O)O. The van der Waals surface area contributed by atoms with E-state index in [0.717, 1.165) is 0 Å². The number of aliphatic carboxylic acids is 1. The maximum absolute atomic E-state index is 11.7. The highest BCUT2D eigenvalue weighted by atomic mass is 16.5. The van der Waals surface area contributed by atoms with Crippen LogP contribution in [0.4, 0.5) is 0 Å². The van der Waals surface area contributed by atoms with Crippen LogP contribution in [0.3, 0.4) is 0 Å². The molecule has 0 aromatic heterocycles. The molecule has 7 heteroatoms. The zero-order valence-electron chi connectivity index (χ0n) is 9.54. The quantitative estimate of drug-likeness (QED) is 0.486. The number of nitrogens with two attached hydrogens (primary N) is 1. The molecule has 0 aromatic carbocycles. The molecule has 2 atom stereocenters. The molecular formula is C10H18N2O5. The first kappa shape index (κ1) is 13.9. The average Bonchev–Trinajstić information content (AvgIpc) is 2.66. The monoisotopic (exact) mass is 246 g/mol. The van der Waals surface area contributed by atoms with Crippen LogP contribution in [0.1, 0.15) is 12.8 Å². The lowest BCUT2D eigenvalue weighted by Crippen LogP contribution is -2.41. The van der Waals surface area contributed by atoms with Gasteiger partial charge in [0, 0.05) is 19.5 Å². The second kappa shape index (κ2) is 6.53. The van der Waals surface area contributed by atoms with Crippen LogP contribution < -0.4 is 5.73 Å². The number of carboxylic acid groups (broad SMARTS) is 1. The van der Waals surface area contributed by atoms with Gasteiger partial charge in [-0.2, -0.15) is 0 Å². The molecule has 98 valence electrons. The van der Waals surface area contributed by atoms with Crippen molar-refractivity contribution in [1.82, 2.24) is 4.90 Å². The molecule has 0 aromatic rings. The van der Waals surface area contributed by atoms with E-state index >= 15 is 0 Å². The first-order chi connectivity index (χ1) is 8.06. The van der Waals surface area contributed by atoms with Crippen molar-refractivity contribution in [2.45, 2.75) is 25.0 Å². The van der Waals surface area contributed by atoms with Crippen LogP contribution in [0.25, 0.3) is 0 Å². The van der Waals surface area contributed by atoms with Crippen LogP contribution >= 0.6 is 0 Å². The van der Waals surface area contributed by atoms with Crippen molar-refractivity contribution in [3.05, 3.63) is 0 Å². The molecular weight excluding hydrogens is 228 g/mol. The normalized spacial score (nSPS) is 24.0. The number of hydrogen-bond acceptors (Lipinski definition) is 5. The molecule has 2 unspecified atom stereocenters. The first-order valence-electron chi connectivity index (χ1n) is 5.54. The van der Waals surface area contributed by atoms with Crippen LogP contribution in [-0.2, 0) is 14.3 Å². The molecule has 0 bridgehead atoms. The Morgan fingerprint density at radius 2 is 2.12 bits per heavy atom. The highest BCUT2D eigenvalue weighted by Gasteiger charge is 2.38. The van der Waals surface area contributed by atoms with E-state index in [1.807, 2.05) is 0 Å². The number of carbonyl (C=O) groups is 2. The van der Waals surface area contributed by atoms with Crippen LogP contribution in [0, 0.1) is 0 Å². The molecule has 1 rings (SSSR count). The lowest BCUT2D eigenvalue weighted by molar-refractivity contribution is -0.148. The number of rotatable bonds is 6. The van der Waals surface area contributed by atoms with Gasteiger partial charge < -0.3 is 25.6 Å². The predicted molar refractivity (Wildman–Crippen MR) is 58.3 cm³/mol. The van der Waals surface area contributed by atoms with Gasteiger partial charge in [0.2, 0.25) is 5.91 Å². The Morgan fingerprint density at radius 1 is 1.41 bits per heavy atom. The van der Waals surface area contributed by atoms with Crippen LogP contribution in [-0.4, -0.2) is 65.4 Å². The summed E-state index contributed by atoms with van der Waals surface area (Å²) in [4.78, 5) is 23.8. The van der Waals surface area contributed by atoms with Crippen LogP contribution in [0.15, 0.2) is 0 Å². The number of ether oxygens (including phenoxy) is 1. The molecule has 1 amide bonds. The minimum Gasteiger partial charge on any atom is -0.480 e. The van der Waals surface area contributed by atoms with E-state index in [4.69, 9.17) is 15.6 Å². The molecule has 1 heterocycles. The Bertz CT molecular complexity index is 284. The van der Waals surface area contributed by atoms with Gasteiger partial charge in [0.05, 0.1) is 25.7 Å². The Hall–Kier alpha value is -1.18. The largest absolute Gasteiger partial charge is 0.480 e. The summed E-state index contributed by atoms with van der Waals surface area (Å²) in [5.41, 5.74) is 5.22. The standard InChI is InChI=1S/C10H18N2O5/c11-2-4-17-3-1-9(14)12-6-7(13)5-8(12)10(15)16/h7-8,13H,1-6,11H2,(H,15,16). The predicted octanol–water partition coefficient (Wildman–Crippen LogP) is -1.60. The summed E-state index contributed by atoms with van der Waals surface area (Å²) in [5.74, 6) is -1.40. The van der Waals surface area contributed by atoms with Gasteiger partial charge in [0.15, 0.2) is 0 Å². The van der Waals surface area contributed by atoms with E-state index < -0.39 is 18.1 Å². The summed E-state index contributed by atoms with van der Waals surface area (Å²) >= 11 is 0. The van der Waals surface area contributed by atoms with Crippen molar-refractivity contribution in [2.24, 2.45) is 5.73 Å². The van der Waals surface area contributed by atoms with Crippen molar-refractivity contribution >= 4 is 11.9 Å². The molecule has 1 aliphatic heterocycles. The zero-order valence-corrected chi connectivity index (χ0v) is 9.54. The molecule has 0 aliphatic carbocycles. The fourth-order valence-corrected chi connectivity index (χ4v) is 1.81. The van der Waals surface area contributed by atoms with Gasteiger partial charge in [0.25, 0.3) is 0 Å². The minimum absolute atomic E-state index is 0.0761. The smallest absolute Gasteiger partial charge is 0.326 e. The van der Waals surface area contributed by atoms with E-state index in [2.05, 4.69) is 0 Å². The van der Waals surface area contributed by atoms with Crippen LogP contribution in [0.5, 0.6) is 0 Å². The molecule has 0 saturated carbocycles. The minimum atomic E-state index is -1.09. The Labute approximate surface area is 99.1 Å². The fourth-order valence-electron chi connectivity index (χ4n) is 1.81. The number of carboxylic acids is 1. The van der Waals surface area contributed by atoms with E-state index in [-0.39, 0.29) is 31.9 Å². The highest BCUT2D eigenvalue weighted by molar-refractivity contribution is 5.84. The van der Waals surface area contributed by atoms with E-state index in [1.54, 1.807) is 0 Å². The van der Waals surface area contributed by atoms with Crippen molar-refractivity contribution in [2.75, 3.05) is 26.3 Å². The number of hydrogen-bond donors (Lipinski definition) is 3. The Morgan fingerprint density at radius 3 is 2.71 bits per heavy atom. The van der Waals surface area contributed by atoms with Gasteiger partial charge in [0.1, 0.15) is 6.04 Å². The van der Waals surface area contributed by atoms with Crippen LogP contribution in [0.2, 0.25) is 0 Å². The molecule has 0 radical (unpaired) electrons. The van der Waals surface area contributed by atoms with E-state index in [1.165, 1.54) is 4.90 Å². The summed E-state index contributed by atoms with van der Waals surface area (Å²) in [6.07, 6.45) is -0.564. The summed E-state index contributed by atoms with van der Waals surface area (Å²) < 4.78 is 5.05. The lowest BCUT2D eigenvalue weighted by atomic mass is 10.2. The molecule has 1 fully saturated rings. The van der Waals surface area contributed by atoms with Gasteiger partial charge in [-0.05, 0) is 0 Å². The van der Waals surface area contributed by atoms with Crippen molar-refractivity contribution in [3.63, 3.8) is 0 Å². The number of amides is 1. The maximum Gasteiger partial charge on any atom is 0.326 e. The molecule has 1 aliphatic rings. The first-order valence-corrected chi connectivity index (χ1v) is 5.54. The zero-order chi connectivity index (χ0) is 12.8. The van der Waals surface area contributed by atoms with Gasteiger partial charge in [-0.3, -0.25) is 4.79 Å². The number of aliphatic hydroxyl groups is 1. The Kier molecular flexibility index (Phi) is 5.33. The molecule has 0 spiro atoms. The third-order valence-electron chi connectivity index (χ3n) is 2.61. The fraction of sp³-hybridized carbons (Fsp3) is 0.800. The maximum atomic E-state index is 11.7. The Balaban J connectivity index is 2.41. The molecule has 17 heavy (non-hydrogen) atoms. The highest BCUT2D eigenvalue weighted by Crippen LogP contribution is 2.19. The summed E-state index contributed by atoms with van der Waals surface area (Å²) in [5, 5.41) is 18.3. The van der Waals surface area contributed by atoms with E-state index in [0.29, 0.717) is 13.2 Å². The molecule has 7 nitrogen and oxygen atoms in total. The lowest BCUT2D eigenvalue weighted by Gasteiger charge is -2.21. The number of likely N-dealkylation sites (tertiary alicyclic amines) is 1. The van der Waals surface area contributed by atoms with Crippen molar-refractivity contribution < 1.29 is 24.5 Å². The van der Waals surface area contributed by atoms with Crippen molar-refractivity contribution in [1.29, 1.82) is 0 Å². The van der Waals surface area contributed by atoms with Gasteiger partial charge in [-0.25, -0.2) is 4.79 Å². The molecule has 1 saturated heterocycles. The summed E-state index contributed by atoms with van der Waals surface area (Å²) in [7, 11) is 0. The number of nitrogens with zero attached hydrogens (tertiary/aromatic N) is 1. The average molecular weight is 246 g/mol. The van der Waals surface area contributed by atoms with Gasteiger partial charge in [-0.15, -0.1) is 0 Å². The van der Waals surface area contributed by atoms with Gasteiger partial charge in [-0.1, -0.05) is 0 Å². The number of carbonyl (C=O) groups excluding carboxylic acids is 1. The number of β-amino-alcohol motifs (C(OH)–C–C–N with tert-alkyl or cyclic N) is 1. The second-order valence-corrected chi connectivity index (χ2v) is 3.94. The summed E-state index contributed by atoms with van der Waals surface area (Å²) in [6.45, 7) is 1.05. The third-order valence-corrected chi connectivity index (χ3v) is 2.61. The third kappa shape index (κ3) is 3.95. The van der Waals surface area contributed by atoms with Gasteiger partial charge >= 0.3 is 5.97 Å². The second-order valence-electron chi connectivity index (χ2n) is 3.94.